The first kappa shape index (κ1) is 9.97. The molecule has 2 rings (SSSR count). The first-order valence-electron chi connectivity index (χ1n) is 5.60. The topological polar surface area (TPSA) is 38.3 Å². The van der Waals surface area contributed by atoms with Gasteiger partial charge in [0, 0.05) is 0 Å². The number of nitrogens with one attached hydrogen (secondary N) is 1. The van der Waals surface area contributed by atoms with Crippen LogP contribution in [0.5, 0.6) is 0 Å². The molecule has 0 aromatic heterocycles. The summed E-state index contributed by atoms with van der Waals surface area (Å²) in [7, 11) is 1.49. The Hall–Kier alpha value is -0.570. The quantitative estimate of drug-likeness (QED) is 0.694. The minimum atomic E-state index is -0.336. The molecule has 0 aliphatic heterocycles. The molecule has 2 saturated carbocycles. The summed E-state index contributed by atoms with van der Waals surface area (Å²) in [6.07, 6.45) is 6.84. The van der Waals surface area contributed by atoms with Crippen LogP contribution in [-0.2, 0) is 9.53 Å². The second-order valence-electron chi connectivity index (χ2n) is 4.61. The van der Waals surface area contributed by atoms with Gasteiger partial charge in [0.05, 0.1) is 7.11 Å². The fourth-order valence-electron chi connectivity index (χ4n) is 2.29. The van der Waals surface area contributed by atoms with Crippen molar-refractivity contribution < 1.29 is 9.53 Å². The summed E-state index contributed by atoms with van der Waals surface area (Å²) in [5.74, 6) is 0.757. The zero-order chi connectivity index (χ0) is 10.0. The van der Waals surface area contributed by atoms with Crippen LogP contribution >= 0.6 is 0 Å². The van der Waals surface area contributed by atoms with Gasteiger partial charge in [-0.05, 0) is 38.1 Å². The lowest BCUT2D eigenvalue weighted by atomic mass is 9.97. The van der Waals surface area contributed by atoms with Crippen molar-refractivity contribution in [1.82, 2.24) is 5.32 Å². The summed E-state index contributed by atoms with van der Waals surface area (Å²) >= 11 is 0. The number of hydrogen-bond acceptors (Lipinski definition) is 3. The predicted octanol–water partition coefficient (Wildman–Crippen LogP) is 1.47. The maximum atomic E-state index is 11.7. The van der Waals surface area contributed by atoms with Crippen molar-refractivity contribution in [1.29, 1.82) is 0 Å². The van der Waals surface area contributed by atoms with Crippen LogP contribution in [0.15, 0.2) is 0 Å². The van der Waals surface area contributed by atoms with Gasteiger partial charge in [-0.25, -0.2) is 0 Å². The molecule has 2 aliphatic carbocycles. The lowest BCUT2D eigenvalue weighted by Gasteiger charge is -2.27. The number of rotatable bonds is 4. The lowest BCUT2D eigenvalue weighted by Crippen LogP contribution is -2.51. The van der Waals surface area contributed by atoms with Gasteiger partial charge in [0.2, 0.25) is 0 Å². The predicted molar refractivity (Wildman–Crippen MR) is 53.9 cm³/mol. The Morgan fingerprint density at radius 1 is 1.43 bits per heavy atom. The van der Waals surface area contributed by atoms with Gasteiger partial charge in [-0.3, -0.25) is 4.79 Å². The Labute approximate surface area is 85.2 Å². The van der Waals surface area contributed by atoms with Crippen LogP contribution in [0.4, 0.5) is 0 Å². The molecule has 0 saturated heterocycles. The van der Waals surface area contributed by atoms with Gasteiger partial charge >= 0.3 is 5.97 Å². The summed E-state index contributed by atoms with van der Waals surface area (Å²) in [6.45, 7) is 0.995. The Morgan fingerprint density at radius 3 is 2.57 bits per heavy atom. The molecule has 0 aromatic carbocycles. The summed E-state index contributed by atoms with van der Waals surface area (Å²) in [5.41, 5.74) is -0.336. The summed E-state index contributed by atoms with van der Waals surface area (Å²) in [5, 5.41) is 3.43. The third-order valence-electron chi connectivity index (χ3n) is 3.46. The highest BCUT2D eigenvalue weighted by Gasteiger charge is 2.42. The van der Waals surface area contributed by atoms with Crippen molar-refractivity contribution in [3.8, 4) is 0 Å². The Morgan fingerprint density at radius 2 is 2.07 bits per heavy atom. The number of ether oxygens (including phenoxy) is 1. The van der Waals surface area contributed by atoms with E-state index in [1.807, 2.05) is 0 Å². The average Bonchev–Trinajstić information content (AvgIpc) is 2.92. The van der Waals surface area contributed by atoms with Crippen molar-refractivity contribution in [3.05, 3.63) is 0 Å². The molecular formula is C11H19NO2. The largest absolute Gasteiger partial charge is 0.468 e. The van der Waals surface area contributed by atoms with Crippen LogP contribution < -0.4 is 5.32 Å². The van der Waals surface area contributed by atoms with Crippen molar-refractivity contribution in [2.45, 2.75) is 44.1 Å². The Kier molecular flexibility index (Phi) is 2.77. The van der Waals surface area contributed by atoms with E-state index >= 15 is 0 Å². The first-order valence-corrected chi connectivity index (χ1v) is 5.60. The van der Waals surface area contributed by atoms with Crippen molar-refractivity contribution in [2.24, 2.45) is 5.92 Å². The minimum Gasteiger partial charge on any atom is -0.468 e. The molecule has 2 fully saturated rings. The fraction of sp³-hybridized carbons (Fsp3) is 0.909. The van der Waals surface area contributed by atoms with E-state index in [1.165, 1.54) is 20.0 Å². The smallest absolute Gasteiger partial charge is 0.326 e. The zero-order valence-electron chi connectivity index (χ0n) is 8.84. The SMILES string of the molecule is COC(=O)C1(NCC2CC2)CCCC1. The highest BCUT2D eigenvalue weighted by atomic mass is 16.5. The zero-order valence-corrected chi connectivity index (χ0v) is 8.84. The molecule has 0 atom stereocenters. The summed E-state index contributed by atoms with van der Waals surface area (Å²) < 4.78 is 4.89. The highest BCUT2D eigenvalue weighted by Crippen LogP contribution is 2.33. The van der Waals surface area contributed by atoms with E-state index in [9.17, 15) is 4.79 Å². The van der Waals surface area contributed by atoms with Gasteiger partial charge in [-0.2, -0.15) is 0 Å². The van der Waals surface area contributed by atoms with Crippen molar-refractivity contribution in [2.75, 3.05) is 13.7 Å². The van der Waals surface area contributed by atoms with Gasteiger partial charge in [0.25, 0.3) is 0 Å². The van der Waals surface area contributed by atoms with Crippen LogP contribution in [0.1, 0.15) is 38.5 Å². The molecule has 0 unspecified atom stereocenters. The van der Waals surface area contributed by atoms with E-state index in [1.54, 1.807) is 0 Å². The van der Waals surface area contributed by atoms with Gasteiger partial charge in [0.15, 0.2) is 0 Å². The molecule has 0 heterocycles. The Bertz CT molecular complexity index is 217. The number of methoxy groups -OCH3 is 1. The van der Waals surface area contributed by atoms with Gasteiger partial charge in [-0.1, -0.05) is 12.8 Å². The lowest BCUT2D eigenvalue weighted by molar-refractivity contribution is -0.148. The minimum absolute atomic E-state index is 0.0596. The second kappa shape index (κ2) is 3.89. The average molecular weight is 197 g/mol. The van der Waals surface area contributed by atoms with Crippen LogP contribution in [0.3, 0.4) is 0 Å². The molecular weight excluding hydrogens is 178 g/mol. The van der Waals surface area contributed by atoms with E-state index in [-0.39, 0.29) is 11.5 Å². The normalized spacial score (nSPS) is 24.9. The van der Waals surface area contributed by atoms with Gasteiger partial charge in [0.1, 0.15) is 5.54 Å². The number of esters is 1. The standard InChI is InChI=1S/C11H19NO2/c1-14-10(13)11(6-2-3-7-11)12-8-9-4-5-9/h9,12H,2-8H2,1H3. The van der Waals surface area contributed by atoms with Crippen LogP contribution in [-0.4, -0.2) is 25.2 Å². The first-order chi connectivity index (χ1) is 6.77. The molecule has 80 valence electrons. The van der Waals surface area contributed by atoms with Crippen molar-refractivity contribution in [3.63, 3.8) is 0 Å². The molecule has 0 spiro atoms. The van der Waals surface area contributed by atoms with Crippen LogP contribution in [0, 0.1) is 5.92 Å². The van der Waals surface area contributed by atoms with Crippen molar-refractivity contribution >= 4 is 5.97 Å². The Balaban J connectivity index is 1.93. The van der Waals surface area contributed by atoms with E-state index < -0.39 is 0 Å². The maximum Gasteiger partial charge on any atom is 0.326 e. The third-order valence-corrected chi connectivity index (χ3v) is 3.46. The molecule has 0 bridgehead atoms. The summed E-state index contributed by atoms with van der Waals surface area (Å²) in [4.78, 5) is 11.7. The van der Waals surface area contributed by atoms with E-state index in [4.69, 9.17) is 4.74 Å². The molecule has 0 radical (unpaired) electrons. The molecule has 3 heteroatoms. The van der Waals surface area contributed by atoms with Gasteiger partial charge in [-0.15, -0.1) is 0 Å². The van der Waals surface area contributed by atoms with Crippen LogP contribution in [0.2, 0.25) is 0 Å². The molecule has 2 aliphatic rings. The number of carbonyl (C=O) groups excluding carboxylic acids is 1. The number of hydrogen-bond donors (Lipinski definition) is 1. The van der Waals surface area contributed by atoms with E-state index in [0.29, 0.717) is 0 Å². The molecule has 0 aromatic rings. The molecule has 1 N–H and O–H groups in total. The second-order valence-corrected chi connectivity index (χ2v) is 4.61. The monoisotopic (exact) mass is 197 g/mol. The number of carbonyl (C=O) groups is 1. The molecule has 14 heavy (non-hydrogen) atoms. The molecule has 0 amide bonds. The van der Waals surface area contributed by atoms with Crippen LogP contribution in [0.25, 0.3) is 0 Å². The fourth-order valence-corrected chi connectivity index (χ4v) is 2.29. The van der Waals surface area contributed by atoms with E-state index in [0.717, 1.165) is 38.1 Å². The van der Waals surface area contributed by atoms with E-state index in [2.05, 4.69) is 5.32 Å². The maximum absolute atomic E-state index is 11.7. The van der Waals surface area contributed by atoms with Gasteiger partial charge < -0.3 is 10.1 Å². The molecule has 3 nitrogen and oxygen atoms in total. The summed E-state index contributed by atoms with van der Waals surface area (Å²) in [6, 6.07) is 0. The highest BCUT2D eigenvalue weighted by molar-refractivity contribution is 5.81. The third kappa shape index (κ3) is 1.92.